The fourth-order valence-electron chi connectivity index (χ4n) is 2.56. The lowest BCUT2D eigenvalue weighted by atomic mass is 9.85. The number of unbranched alkanes of at least 4 members (excludes halogenated alkanes) is 2. The number of rotatable bonds is 8. The summed E-state index contributed by atoms with van der Waals surface area (Å²) in [6, 6.07) is -0.229. The van der Waals surface area contributed by atoms with Crippen LogP contribution >= 0.6 is 0 Å². The largest absolute Gasteiger partial charge is 0.389 e. The van der Waals surface area contributed by atoms with Gasteiger partial charge in [-0.3, -0.25) is 4.79 Å². The number of hydrogen-bond acceptors (Lipinski definition) is 3. The van der Waals surface area contributed by atoms with Crippen LogP contribution in [0.5, 0.6) is 0 Å². The van der Waals surface area contributed by atoms with Crippen LogP contribution < -0.4 is 10.6 Å². The van der Waals surface area contributed by atoms with Crippen molar-refractivity contribution in [2.45, 2.75) is 76.9 Å². The summed E-state index contributed by atoms with van der Waals surface area (Å²) in [6.07, 6.45) is 8.47. The Labute approximate surface area is 117 Å². The van der Waals surface area contributed by atoms with Crippen LogP contribution in [0.25, 0.3) is 0 Å². The Morgan fingerprint density at radius 1 is 1.26 bits per heavy atom. The van der Waals surface area contributed by atoms with Crippen LogP contribution in [0.1, 0.15) is 65.2 Å². The van der Waals surface area contributed by atoms with Crippen molar-refractivity contribution < 1.29 is 9.90 Å². The van der Waals surface area contributed by atoms with E-state index in [9.17, 15) is 9.90 Å². The second-order valence-corrected chi connectivity index (χ2v) is 5.89. The Hall–Kier alpha value is -0.610. The van der Waals surface area contributed by atoms with Crippen molar-refractivity contribution in [3.63, 3.8) is 0 Å². The fourth-order valence-corrected chi connectivity index (χ4v) is 2.56. The predicted molar refractivity (Wildman–Crippen MR) is 78.0 cm³/mol. The van der Waals surface area contributed by atoms with Gasteiger partial charge < -0.3 is 15.7 Å². The molecule has 1 aliphatic rings. The summed E-state index contributed by atoms with van der Waals surface area (Å²) >= 11 is 0. The van der Waals surface area contributed by atoms with Crippen LogP contribution in [-0.2, 0) is 4.79 Å². The molecule has 1 rings (SSSR count). The summed E-state index contributed by atoms with van der Waals surface area (Å²) in [4.78, 5) is 11.8. The Balaban J connectivity index is 2.18. The molecule has 0 radical (unpaired) electrons. The smallest absolute Gasteiger partial charge is 0.236 e. The third kappa shape index (κ3) is 6.39. The standard InChI is InChI=1S/C15H30N2O2/c1-3-4-8-11-16-14(18)13(2)17-12-15(19)9-6-5-7-10-15/h13,17,19H,3-12H2,1-2H3,(H,16,18). The van der Waals surface area contributed by atoms with Gasteiger partial charge in [-0.1, -0.05) is 39.0 Å². The molecule has 1 atom stereocenters. The summed E-state index contributed by atoms with van der Waals surface area (Å²) in [7, 11) is 0. The molecule has 1 aliphatic carbocycles. The molecule has 112 valence electrons. The summed E-state index contributed by atoms with van der Waals surface area (Å²) < 4.78 is 0. The Bertz CT molecular complexity index is 263. The van der Waals surface area contributed by atoms with Gasteiger partial charge in [0, 0.05) is 13.1 Å². The van der Waals surface area contributed by atoms with E-state index >= 15 is 0 Å². The zero-order valence-corrected chi connectivity index (χ0v) is 12.5. The third-order valence-corrected chi connectivity index (χ3v) is 3.99. The normalized spacial score (nSPS) is 19.9. The summed E-state index contributed by atoms with van der Waals surface area (Å²) in [5.41, 5.74) is -0.602. The van der Waals surface area contributed by atoms with Gasteiger partial charge in [0.25, 0.3) is 0 Å². The molecule has 1 unspecified atom stereocenters. The van der Waals surface area contributed by atoms with E-state index in [2.05, 4.69) is 17.6 Å². The number of carbonyl (C=O) groups excluding carboxylic acids is 1. The maximum Gasteiger partial charge on any atom is 0.236 e. The van der Waals surface area contributed by atoms with E-state index in [1.165, 1.54) is 6.42 Å². The molecule has 0 bridgehead atoms. The van der Waals surface area contributed by atoms with Gasteiger partial charge in [0.2, 0.25) is 5.91 Å². The Morgan fingerprint density at radius 2 is 1.95 bits per heavy atom. The van der Waals surface area contributed by atoms with Gasteiger partial charge in [-0.15, -0.1) is 0 Å². The highest BCUT2D eigenvalue weighted by molar-refractivity contribution is 5.81. The van der Waals surface area contributed by atoms with Crippen molar-refractivity contribution in [1.29, 1.82) is 0 Å². The molecular formula is C15H30N2O2. The SMILES string of the molecule is CCCCCNC(=O)C(C)NCC1(O)CCCCC1. The predicted octanol–water partition coefficient (Wildman–Crippen LogP) is 1.97. The molecule has 0 saturated heterocycles. The summed E-state index contributed by atoms with van der Waals surface area (Å²) in [5, 5.41) is 16.5. The van der Waals surface area contributed by atoms with Gasteiger partial charge in [0.05, 0.1) is 11.6 Å². The van der Waals surface area contributed by atoms with Crippen LogP contribution in [0.2, 0.25) is 0 Å². The molecule has 0 spiro atoms. The number of hydrogen-bond donors (Lipinski definition) is 3. The van der Waals surface area contributed by atoms with Crippen molar-refractivity contribution in [2.24, 2.45) is 0 Å². The lowest BCUT2D eigenvalue weighted by Gasteiger charge is -2.33. The number of amides is 1. The van der Waals surface area contributed by atoms with Crippen LogP contribution in [0.3, 0.4) is 0 Å². The summed E-state index contributed by atoms with van der Waals surface area (Å²) in [5.74, 6) is 0.0375. The molecule has 19 heavy (non-hydrogen) atoms. The third-order valence-electron chi connectivity index (χ3n) is 3.99. The quantitative estimate of drug-likeness (QED) is 0.591. The van der Waals surface area contributed by atoms with E-state index in [4.69, 9.17) is 0 Å². The lowest BCUT2D eigenvalue weighted by Crippen LogP contribution is -2.49. The number of aliphatic hydroxyl groups is 1. The van der Waals surface area contributed by atoms with Crippen LogP contribution in [0.4, 0.5) is 0 Å². The van der Waals surface area contributed by atoms with E-state index in [-0.39, 0.29) is 11.9 Å². The van der Waals surface area contributed by atoms with Crippen LogP contribution in [-0.4, -0.2) is 35.7 Å². The van der Waals surface area contributed by atoms with E-state index < -0.39 is 5.60 Å². The highest BCUT2D eigenvalue weighted by Crippen LogP contribution is 2.27. The first-order valence-electron chi connectivity index (χ1n) is 7.81. The Kier molecular flexibility index (Phi) is 7.39. The minimum atomic E-state index is -0.602. The first kappa shape index (κ1) is 16.4. The molecule has 3 N–H and O–H groups in total. The minimum absolute atomic E-state index is 0.0375. The van der Waals surface area contributed by atoms with Crippen molar-refractivity contribution >= 4 is 5.91 Å². The molecule has 1 saturated carbocycles. The van der Waals surface area contributed by atoms with Crippen molar-refractivity contribution in [1.82, 2.24) is 10.6 Å². The minimum Gasteiger partial charge on any atom is -0.389 e. The molecule has 0 heterocycles. The van der Waals surface area contributed by atoms with Gasteiger partial charge in [0.15, 0.2) is 0 Å². The molecule has 4 nitrogen and oxygen atoms in total. The van der Waals surface area contributed by atoms with Crippen molar-refractivity contribution in [3.05, 3.63) is 0 Å². The summed E-state index contributed by atoms with van der Waals surface area (Å²) in [6.45, 7) is 5.29. The highest BCUT2D eigenvalue weighted by atomic mass is 16.3. The van der Waals surface area contributed by atoms with Gasteiger partial charge in [-0.05, 0) is 26.2 Å². The molecule has 0 aromatic heterocycles. The highest BCUT2D eigenvalue weighted by Gasteiger charge is 2.29. The Morgan fingerprint density at radius 3 is 2.58 bits per heavy atom. The monoisotopic (exact) mass is 270 g/mol. The molecule has 1 fully saturated rings. The van der Waals surface area contributed by atoms with Gasteiger partial charge in [-0.2, -0.15) is 0 Å². The second-order valence-electron chi connectivity index (χ2n) is 5.89. The average molecular weight is 270 g/mol. The zero-order valence-electron chi connectivity index (χ0n) is 12.5. The molecular weight excluding hydrogens is 240 g/mol. The molecule has 0 aromatic carbocycles. The molecule has 1 amide bonds. The fraction of sp³-hybridized carbons (Fsp3) is 0.933. The van der Waals surface area contributed by atoms with E-state index in [0.717, 1.165) is 51.5 Å². The molecule has 0 aliphatic heterocycles. The second kappa shape index (κ2) is 8.54. The topological polar surface area (TPSA) is 61.4 Å². The maximum atomic E-state index is 11.8. The lowest BCUT2D eigenvalue weighted by molar-refractivity contribution is -0.123. The van der Waals surface area contributed by atoms with Gasteiger partial charge >= 0.3 is 0 Å². The zero-order chi connectivity index (χ0) is 14.1. The van der Waals surface area contributed by atoms with E-state index in [0.29, 0.717) is 6.54 Å². The van der Waals surface area contributed by atoms with Crippen LogP contribution in [0, 0.1) is 0 Å². The number of nitrogens with one attached hydrogen (secondary N) is 2. The van der Waals surface area contributed by atoms with Crippen molar-refractivity contribution in [3.8, 4) is 0 Å². The first-order chi connectivity index (χ1) is 9.07. The first-order valence-corrected chi connectivity index (χ1v) is 7.81. The van der Waals surface area contributed by atoms with Crippen molar-refractivity contribution in [2.75, 3.05) is 13.1 Å². The maximum absolute atomic E-state index is 11.8. The molecule has 4 heteroatoms. The molecule has 0 aromatic rings. The van der Waals surface area contributed by atoms with Gasteiger partial charge in [0.1, 0.15) is 0 Å². The average Bonchev–Trinajstić information content (AvgIpc) is 2.41. The number of carbonyl (C=O) groups is 1. The van der Waals surface area contributed by atoms with E-state index in [1.54, 1.807) is 0 Å². The van der Waals surface area contributed by atoms with Crippen LogP contribution in [0.15, 0.2) is 0 Å². The van der Waals surface area contributed by atoms with E-state index in [1.807, 2.05) is 6.92 Å². The van der Waals surface area contributed by atoms with Gasteiger partial charge in [-0.25, -0.2) is 0 Å².